The first-order valence-corrected chi connectivity index (χ1v) is 7.98. The summed E-state index contributed by atoms with van der Waals surface area (Å²) < 4.78 is 27.0. The highest BCUT2D eigenvalue weighted by atomic mass is 32.2. The van der Waals surface area contributed by atoms with Gasteiger partial charge in [-0.15, -0.1) is 0 Å². The molecule has 0 unspecified atom stereocenters. The van der Waals surface area contributed by atoms with E-state index in [1.807, 2.05) is 0 Å². The molecule has 1 heterocycles. The molecule has 0 radical (unpaired) electrons. The van der Waals surface area contributed by atoms with Crippen molar-refractivity contribution in [1.29, 1.82) is 0 Å². The van der Waals surface area contributed by atoms with Gasteiger partial charge in [-0.2, -0.15) is 0 Å². The van der Waals surface area contributed by atoms with Crippen LogP contribution in [0.3, 0.4) is 0 Å². The molecule has 0 spiro atoms. The Hall–Kier alpha value is -1.14. The molecule has 19 heavy (non-hydrogen) atoms. The molecular formula is C13H20N2O3S. The second-order valence-corrected chi connectivity index (χ2v) is 7.66. The number of aromatic nitrogens is 1. The van der Waals surface area contributed by atoms with Gasteiger partial charge in [0.05, 0.1) is 4.90 Å². The zero-order valence-electron chi connectivity index (χ0n) is 11.3. The lowest BCUT2D eigenvalue weighted by molar-refractivity contribution is 0.218. The summed E-state index contributed by atoms with van der Waals surface area (Å²) >= 11 is 0. The van der Waals surface area contributed by atoms with Crippen LogP contribution in [-0.2, 0) is 10.0 Å². The molecule has 0 amide bonds. The van der Waals surface area contributed by atoms with E-state index >= 15 is 0 Å². The summed E-state index contributed by atoms with van der Waals surface area (Å²) in [4.78, 5) is 13.4. The Morgan fingerprint density at radius 3 is 2.42 bits per heavy atom. The minimum absolute atomic E-state index is 0.00930. The van der Waals surface area contributed by atoms with Crippen molar-refractivity contribution < 1.29 is 8.42 Å². The average molecular weight is 284 g/mol. The van der Waals surface area contributed by atoms with Crippen LogP contribution >= 0.6 is 0 Å². The highest BCUT2D eigenvalue weighted by Crippen LogP contribution is 2.35. The maximum Gasteiger partial charge on any atom is 0.247 e. The van der Waals surface area contributed by atoms with Crippen LogP contribution in [0.2, 0.25) is 0 Å². The molecule has 1 saturated carbocycles. The van der Waals surface area contributed by atoms with E-state index < -0.39 is 10.0 Å². The predicted octanol–water partition coefficient (Wildman–Crippen LogP) is 1.62. The lowest BCUT2D eigenvalue weighted by Crippen LogP contribution is -2.39. The van der Waals surface area contributed by atoms with Crippen LogP contribution < -0.4 is 10.3 Å². The van der Waals surface area contributed by atoms with Crippen molar-refractivity contribution >= 4 is 10.0 Å². The first-order valence-electron chi connectivity index (χ1n) is 6.50. The van der Waals surface area contributed by atoms with Gasteiger partial charge in [0.2, 0.25) is 15.6 Å². The van der Waals surface area contributed by atoms with Crippen LogP contribution in [0, 0.1) is 5.41 Å². The van der Waals surface area contributed by atoms with E-state index in [-0.39, 0.29) is 16.5 Å². The zero-order valence-corrected chi connectivity index (χ0v) is 12.1. The van der Waals surface area contributed by atoms with E-state index in [1.54, 1.807) is 0 Å². The minimum Gasteiger partial charge on any atom is -0.328 e. The molecule has 1 aromatic heterocycles. The number of sulfonamides is 1. The summed E-state index contributed by atoms with van der Waals surface area (Å²) in [6, 6.07) is 2.54. The molecule has 0 aromatic carbocycles. The molecule has 6 heteroatoms. The summed E-state index contributed by atoms with van der Waals surface area (Å²) in [6.45, 7) is 4.42. The highest BCUT2D eigenvalue weighted by Gasteiger charge is 2.29. The molecule has 5 nitrogen and oxygen atoms in total. The normalized spacial score (nSPS) is 20.3. The Morgan fingerprint density at radius 1 is 1.26 bits per heavy atom. The summed E-state index contributed by atoms with van der Waals surface area (Å²) in [6.07, 6.45) is 4.99. The molecule has 106 valence electrons. The first-order chi connectivity index (χ1) is 8.78. The van der Waals surface area contributed by atoms with Gasteiger partial charge in [-0.05, 0) is 37.2 Å². The number of aromatic amines is 1. The summed E-state index contributed by atoms with van der Waals surface area (Å²) in [5.74, 6) is 0. The van der Waals surface area contributed by atoms with E-state index in [0.717, 1.165) is 25.7 Å². The van der Waals surface area contributed by atoms with Crippen molar-refractivity contribution in [3.05, 3.63) is 28.7 Å². The van der Waals surface area contributed by atoms with Crippen molar-refractivity contribution in [1.82, 2.24) is 9.71 Å². The van der Waals surface area contributed by atoms with Gasteiger partial charge in [0.1, 0.15) is 0 Å². The lowest BCUT2D eigenvalue weighted by atomic mass is 9.76. The first kappa shape index (κ1) is 14.3. The molecular weight excluding hydrogens is 264 g/mol. The van der Waals surface area contributed by atoms with Crippen molar-refractivity contribution in [3.8, 4) is 0 Å². The Bertz CT molecular complexity index is 574. The molecule has 0 bridgehead atoms. The molecule has 1 aromatic rings. The van der Waals surface area contributed by atoms with E-state index in [0.29, 0.717) is 5.41 Å². The third-order valence-corrected chi connectivity index (χ3v) is 5.25. The number of nitrogens with one attached hydrogen (secondary N) is 2. The maximum absolute atomic E-state index is 12.1. The number of H-pyrrole nitrogens is 1. The second-order valence-electron chi connectivity index (χ2n) is 5.95. The fourth-order valence-electron chi connectivity index (χ4n) is 2.37. The van der Waals surface area contributed by atoms with Crippen molar-refractivity contribution in [2.45, 2.75) is 50.5 Å². The van der Waals surface area contributed by atoms with Gasteiger partial charge < -0.3 is 4.98 Å². The zero-order chi connectivity index (χ0) is 14.1. The largest absolute Gasteiger partial charge is 0.328 e. The van der Waals surface area contributed by atoms with Crippen LogP contribution in [0.5, 0.6) is 0 Å². The molecule has 0 atom stereocenters. The Kier molecular flexibility index (Phi) is 3.82. The molecule has 2 rings (SSSR count). The summed E-state index contributed by atoms with van der Waals surface area (Å²) in [5, 5.41) is 0. The Labute approximate surface area is 113 Å². The van der Waals surface area contributed by atoms with E-state index in [4.69, 9.17) is 0 Å². The van der Waals surface area contributed by atoms with Crippen molar-refractivity contribution in [2.75, 3.05) is 0 Å². The molecule has 1 aliphatic rings. The van der Waals surface area contributed by atoms with Crippen LogP contribution in [0.15, 0.2) is 28.0 Å². The maximum atomic E-state index is 12.1. The molecule has 1 aliphatic carbocycles. The summed E-state index contributed by atoms with van der Waals surface area (Å²) in [7, 11) is -3.53. The molecule has 1 fully saturated rings. The molecule has 2 N–H and O–H groups in total. The van der Waals surface area contributed by atoms with Gasteiger partial charge in [0, 0.05) is 18.3 Å². The van der Waals surface area contributed by atoms with Gasteiger partial charge in [-0.3, -0.25) is 4.79 Å². The van der Waals surface area contributed by atoms with Crippen LogP contribution in [0.4, 0.5) is 0 Å². The third-order valence-electron chi connectivity index (χ3n) is 3.73. The number of rotatable bonds is 3. The number of hydrogen-bond donors (Lipinski definition) is 2. The molecule has 0 aliphatic heterocycles. The SMILES string of the molecule is CC1(C)CCC(NS(=O)(=O)c2ccc(=O)[nH]c2)CC1. The monoisotopic (exact) mass is 284 g/mol. The Morgan fingerprint density at radius 2 is 1.89 bits per heavy atom. The number of hydrogen-bond acceptors (Lipinski definition) is 3. The predicted molar refractivity (Wildman–Crippen MR) is 73.4 cm³/mol. The summed E-state index contributed by atoms with van der Waals surface area (Å²) in [5.41, 5.74) is -0.00159. The van der Waals surface area contributed by atoms with Crippen LogP contribution in [0.1, 0.15) is 39.5 Å². The van der Waals surface area contributed by atoms with E-state index in [1.165, 1.54) is 18.3 Å². The van der Waals surface area contributed by atoms with Crippen LogP contribution in [-0.4, -0.2) is 19.4 Å². The van der Waals surface area contributed by atoms with Gasteiger partial charge in [0.25, 0.3) is 0 Å². The van der Waals surface area contributed by atoms with E-state index in [2.05, 4.69) is 23.6 Å². The average Bonchev–Trinajstić information content (AvgIpc) is 2.32. The Balaban J connectivity index is 2.06. The smallest absolute Gasteiger partial charge is 0.247 e. The van der Waals surface area contributed by atoms with Gasteiger partial charge in [-0.25, -0.2) is 13.1 Å². The fourth-order valence-corrected chi connectivity index (χ4v) is 3.64. The second kappa shape index (κ2) is 5.09. The van der Waals surface area contributed by atoms with Crippen LogP contribution in [0.25, 0.3) is 0 Å². The lowest BCUT2D eigenvalue weighted by Gasteiger charge is -2.34. The topological polar surface area (TPSA) is 79.0 Å². The number of pyridine rings is 1. The standard InChI is InChI=1S/C13H20N2O3S/c1-13(2)7-5-10(6-8-13)15-19(17,18)11-3-4-12(16)14-9-11/h3-4,9-10,15H,5-8H2,1-2H3,(H,14,16). The highest BCUT2D eigenvalue weighted by molar-refractivity contribution is 7.89. The third kappa shape index (κ3) is 3.67. The minimum atomic E-state index is -3.53. The quantitative estimate of drug-likeness (QED) is 0.885. The molecule has 0 saturated heterocycles. The van der Waals surface area contributed by atoms with Gasteiger partial charge in [-0.1, -0.05) is 13.8 Å². The van der Waals surface area contributed by atoms with Gasteiger partial charge in [0.15, 0.2) is 0 Å². The van der Waals surface area contributed by atoms with Crippen molar-refractivity contribution in [2.24, 2.45) is 5.41 Å². The van der Waals surface area contributed by atoms with Crippen molar-refractivity contribution in [3.63, 3.8) is 0 Å². The van der Waals surface area contributed by atoms with E-state index in [9.17, 15) is 13.2 Å². The fraction of sp³-hybridized carbons (Fsp3) is 0.615. The van der Waals surface area contributed by atoms with Gasteiger partial charge >= 0.3 is 0 Å².